The number of nitrogens with one attached hydrogen (secondary N) is 1. The van der Waals surface area contributed by atoms with Crippen LogP contribution in [0.25, 0.3) is 0 Å². The topological polar surface area (TPSA) is 101 Å². The van der Waals surface area contributed by atoms with Crippen molar-refractivity contribution in [3.63, 3.8) is 0 Å². The zero-order chi connectivity index (χ0) is 17.5. The summed E-state index contributed by atoms with van der Waals surface area (Å²) in [6.45, 7) is 2.31. The third kappa shape index (κ3) is 4.28. The highest BCUT2D eigenvalue weighted by Crippen LogP contribution is 2.31. The Morgan fingerprint density at radius 1 is 1.29 bits per heavy atom. The van der Waals surface area contributed by atoms with Crippen molar-refractivity contribution < 1.29 is 28.6 Å². The predicted molar refractivity (Wildman–Crippen MR) is 82.7 cm³/mol. The first-order valence-electron chi connectivity index (χ1n) is 7.40. The Kier molecular flexibility index (Phi) is 5.83. The van der Waals surface area contributed by atoms with Gasteiger partial charge in [-0.15, -0.1) is 0 Å². The molecule has 128 valence electrons. The van der Waals surface area contributed by atoms with Gasteiger partial charge in [-0.25, -0.2) is 0 Å². The standard InChI is InChI=1S/C17H19NO6/c1-3-23-13-7-6-11(9-15(13)22-2)12(10-16(19)20)18-17(21)14-5-4-8-24-14/h4-9,12H,3,10H2,1-2H3,(H,18,21)(H,19,20)/p-1. The Labute approximate surface area is 139 Å². The molecule has 0 aliphatic carbocycles. The maximum Gasteiger partial charge on any atom is 0.287 e. The lowest BCUT2D eigenvalue weighted by Crippen LogP contribution is -2.34. The quantitative estimate of drug-likeness (QED) is 0.782. The highest BCUT2D eigenvalue weighted by Gasteiger charge is 2.19. The number of carbonyl (C=O) groups is 2. The summed E-state index contributed by atoms with van der Waals surface area (Å²) in [5, 5.41) is 13.7. The number of amides is 1. The van der Waals surface area contributed by atoms with E-state index in [0.717, 1.165) is 0 Å². The molecule has 2 rings (SSSR count). The molecule has 0 aliphatic heterocycles. The van der Waals surface area contributed by atoms with E-state index >= 15 is 0 Å². The number of benzene rings is 1. The molecular formula is C17H18NO6-. The molecule has 7 nitrogen and oxygen atoms in total. The molecule has 1 atom stereocenters. The first kappa shape index (κ1) is 17.4. The summed E-state index contributed by atoms with van der Waals surface area (Å²) in [7, 11) is 1.48. The molecule has 1 heterocycles. The summed E-state index contributed by atoms with van der Waals surface area (Å²) in [6, 6.07) is 7.23. The molecule has 0 saturated carbocycles. The lowest BCUT2D eigenvalue weighted by molar-refractivity contribution is -0.306. The minimum absolute atomic E-state index is 0.0937. The monoisotopic (exact) mass is 332 g/mol. The van der Waals surface area contributed by atoms with Gasteiger partial charge in [-0.2, -0.15) is 0 Å². The van der Waals surface area contributed by atoms with Gasteiger partial charge in [0.05, 0.1) is 26.0 Å². The van der Waals surface area contributed by atoms with Gasteiger partial charge in [-0.05, 0) is 36.8 Å². The number of methoxy groups -OCH3 is 1. The van der Waals surface area contributed by atoms with Crippen molar-refractivity contribution in [2.45, 2.75) is 19.4 Å². The Hall–Kier alpha value is -2.96. The van der Waals surface area contributed by atoms with Crippen molar-refractivity contribution in [3.05, 3.63) is 47.9 Å². The van der Waals surface area contributed by atoms with E-state index in [2.05, 4.69) is 5.32 Å². The maximum atomic E-state index is 12.1. The van der Waals surface area contributed by atoms with Crippen LogP contribution in [0.5, 0.6) is 11.5 Å². The smallest absolute Gasteiger partial charge is 0.287 e. The fraction of sp³-hybridized carbons (Fsp3) is 0.294. The van der Waals surface area contributed by atoms with Gasteiger partial charge in [0.15, 0.2) is 17.3 Å². The van der Waals surface area contributed by atoms with E-state index < -0.39 is 17.9 Å². The average Bonchev–Trinajstić information content (AvgIpc) is 3.09. The molecular weight excluding hydrogens is 314 g/mol. The van der Waals surface area contributed by atoms with Crippen LogP contribution in [0.4, 0.5) is 0 Å². The fourth-order valence-electron chi connectivity index (χ4n) is 2.23. The molecule has 7 heteroatoms. The normalized spacial score (nSPS) is 11.6. The molecule has 0 radical (unpaired) electrons. The first-order valence-corrected chi connectivity index (χ1v) is 7.40. The Bertz CT molecular complexity index is 695. The van der Waals surface area contributed by atoms with Crippen LogP contribution in [0.1, 0.15) is 35.5 Å². The van der Waals surface area contributed by atoms with Crippen LogP contribution < -0.4 is 19.9 Å². The molecule has 1 aromatic carbocycles. The SMILES string of the molecule is CCOc1ccc(C(CC(=O)[O-])NC(=O)c2ccco2)cc1OC. The van der Waals surface area contributed by atoms with Gasteiger partial charge in [0.25, 0.3) is 5.91 Å². The molecule has 0 bridgehead atoms. The van der Waals surface area contributed by atoms with E-state index in [1.54, 1.807) is 24.3 Å². The predicted octanol–water partition coefficient (Wildman–Crippen LogP) is 1.30. The van der Waals surface area contributed by atoms with Crippen LogP contribution >= 0.6 is 0 Å². The summed E-state index contributed by atoms with van der Waals surface area (Å²) < 4.78 is 15.7. The number of rotatable bonds is 8. The number of furan rings is 1. The van der Waals surface area contributed by atoms with Crippen molar-refractivity contribution in [1.29, 1.82) is 0 Å². The number of ether oxygens (including phenoxy) is 2. The number of aliphatic carboxylic acids is 1. The first-order chi connectivity index (χ1) is 11.5. The second kappa shape index (κ2) is 8.05. The molecule has 1 aromatic heterocycles. The molecule has 0 fully saturated rings. The third-order valence-electron chi connectivity index (χ3n) is 3.31. The lowest BCUT2D eigenvalue weighted by atomic mass is 10.0. The molecule has 24 heavy (non-hydrogen) atoms. The number of hydrogen-bond acceptors (Lipinski definition) is 6. The number of carboxylic acid groups (broad SMARTS) is 1. The van der Waals surface area contributed by atoms with Crippen molar-refractivity contribution in [1.82, 2.24) is 5.32 Å². The van der Waals surface area contributed by atoms with E-state index in [0.29, 0.717) is 23.7 Å². The van der Waals surface area contributed by atoms with E-state index in [4.69, 9.17) is 13.9 Å². The number of carbonyl (C=O) groups excluding carboxylic acids is 2. The Balaban J connectivity index is 2.26. The van der Waals surface area contributed by atoms with Gasteiger partial charge in [0, 0.05) is 12.4 Å². The van der Waals surface area contributed by atoms with Gasteiger partial charge in [0.1, 0.15) is 0 Å². The van der Waals surface area contributed by atoms with Crippen molar-refractivity contribution >= 4 is 11.9 Å². The molecule has 1 unspecified atom stereocenters. The summed E-state index contributed by atoms with van der Waals surface area (Å²) >= 11 is 0. The maximum absolute atomic E-state index is 12.1. The second-order valence-electron chi connectivity index (χ2n) is 4.92. The van der Waals surface area contributed by atoms with Gasteiger partial charge < -0.3 is 29.1 Å². The fourth-order valence-corrected chi connectivity index (χ4v) is 2.23. The van der Waals surface area contributed by atoms with Crippen molar-refractivity contribution in [3.8, 4) is 11.5 Å². The van der Waals surface area contributed by atoms with E-state index in [1.807, 2.05) is 6.92 Å². The minimum Gasteiger partial charge on any atom is -0.550 e. The van der Waals surface area contributed by atoms with Gasteiger partial charge in [-0.3, -0.25) is 4.79 Å². The molecule has 2 aromatic rings. The van der Waals surface area contributed by atoms with Crippen LogP contribution in [0, 0.1) is 0 Å². The highest BCUT2D eigenvalue weighted by atomic mass is 16.5. The van der Waals surface area contributed by atoms with E-state index in [1.165, 1.54) is 19.4 Å². The number of carboxylic acids is 1. The molecule has 1 N–H and O–H groups in total. The van der Waals surface area contributed by atoms with Crippen molar-refractivity contribution in [2.24, 2.45) is 0 Å². The lowest BCUT2D eigenvalue weighted by Gasteiger charge is -2.20. The molecule has 1 amide bonds. The van der Waals surface area contributed by atoms with Crippen LogP contribution in [-0.2, 0) is 4.79 Å². The largest absolute Gasteiger partial charge is 0.550 e. The van der Waals surface area contributed by atoms with Crippen LogP contribution in [-0.4, -0.2) is 25.6 Å². The Morgan fingerprint density at radius 3 is 2.67 bits per heavy atom. The summed E-state index contributed by atoms with van der Waals surface area (Å²) in [4.78, 5) is 23.2. The summed E-state index contributed by atoms with van der Waals surface area (Å²) in [5.74, 6) is -0.721. The molecule has 0 saturated heterocycles. The molecule has 0 aliphatic rings. The average molecular weight is 332 g/mol. The van der Waals surface area contributed by atoms with Crippen molar-refractivity contribution in [2.75, 3.05) is 13.7 Å². The van der Waals surface area contributed by atoms with Crippen LogP contribution in [0.2, 0.25) is 0 Å². The van der Waals surface area contributed by atoms with Crippen LogP contribution in [0.15, 0.2) is 41.0 Å². The van der Waals surface area contributed by atoms with Gasteiger partial charge in [0.2, 0.25) is 0 Å². The van der Waals surface area contributed by atoms with Gasteiger partial charge >= 0.3 is 0 Å². The van der Waals surface area contributed by atoms with Crippen LogP contribution in [0.3, 0.4) is 0 Å². The van der Waals surface area contributed by atoms with E-state index in [9.17, 15) is 14.7 Å². The highest BCUT2D eigenvalue weighted by molar-refractivity contribution is 5.91. The molecule has 0 spiro atoms. The zero-order valence-corrected chi connectivity index (χ0v) is 13.4. The van der Waals surface area contributed by atoms with Gasteiger partial charge in [-0.1, -0.05) is 6.07 Å². The second-order valence-corrected chi connectivity index (χ2v) is 4.92. The minimum atomic E-state index is -1.28. The number of hydrogen-bond donors (Lipinski definition) is 1. The third-order valence-corrected chi connectivity index (χ3v) is 3.31. The summed E-state index contributed by atoms with van der Waals surface area (Å²) in [6.07, 6.45) is 0.978. The van der Waals surface area contributed by atoms with E-state index in [-0.39, 0.29) is 12.2 Å². The Morgan fingerprint density at radius 2 is 2.08 bits per heavy atom. The summed E-state index contributed by atoms with van der Waals surface area (Å²) in [5.41, 5.74) is 0.555. The zero-order valence-electron chi connectivity index (χ0n) is 13.4.